The molecule has 0 radical (unpaired) electrons. The molecule has 0 spiro atoms. The van der Waals surface area contributed by atoms with Gasteiger partial charge in [0.1, 0.15) is 0 Å². The van der Waals surface area contributed by atoms with Crippen molar-refractivity contribution in [1.29, 1.82) is 0 Å². The van der Waals surface area contributed by atoms with E-state index in [0.717, 1.165) is 5.56 Å². The van der Waals surface area contributed by atoms with E-state index in [1.54, 1.807) is 12.1 Å². The fourth-order valence-electron chi connectivity index (χ4n) is 2.46. The van der Waals surface area contributed by atoms with Crippen molar-refractivity contribution in [1.82, 2.24) is 0 Å². The second kappa shape index (κ2) is 6.94. The van der Waals surface area contributed by atoms with E-state index in [1.807, 2.05) is 32.9 Å². The van der Waals surface area contributed by atoms with E-state index < -0.39 is 23.3 Å². The number of benzene rings is 1. The highest BCUT2D eigenvalue weighted by atomic mass is 35.5. The van der Waals surface area contributed by atoms with Gasteiger partial charge >= 0.3 is 11.9 Å². The molecule has 4 nitrogen and oxygen atoms in total. The van der Waals surface area contributed by atoms with Gasteiger partial charge in [0.2, 0.25) is 0 Å². The summed E-state index contributed by atoms with van der Waals surface area (Å²) in [5, 5.41) is 0.595. The average Bonchev–Trinajstić information content (AvgIpc) is 2.47. The molecule has 21 heavy (non-hydrogen) atoms. The van der Waals surface area contributed by atoms with Crippen LogP contribution in [0.3, 0.4) is 0 Å². The zero-order valence-electron chi connectivity index (χ0n) is 13.0. The number of ether oxygens (including phenoxy) is 2. The first-order valence-corrected chi connectivity index (χ1v) is 7.08. The van der Waals surface area contributed by atoms with Gasteiger partial charge in [-0.15, -0.1) is 0 Å². The van der Waals surface area contributed by atoms with Crippen LogP contribution in [0, 0.1) is 11.8 Å². The maximum absolute atomic E-state index is 12.2. The van der Waals surface area contributed by atoms with Gasteiger partial charge < -0.3 is 9.47 Å². The van der Waals surface area contributed by atoms with E-state index in [0.29, 0.717) is 5.02 Å². The summed E-state index contributed by atoms with van der Waals surface area (Å²) in [7, 11) is 2.53. The van der Waals surface area contributed by atoms with Gasteiger partial charge in [-0.1, -0.05) is 44.5 Å². The van der Waals surface area contributed by atoms with Crippen LogP contribution in [0.4, 0.5) is 0 Å². The van der Waals surface area contributed by atoms with Crippen molar-refractivity contribution < 1.29 is 19.1 Å². The predicted octanol–water partition coefficient (Wildman–Crippen LogP) is 3.22. The summed E-state index contributed by atoms with van der Waals surface area (Å²) in [5.41, 5.74) is 0.0767. The van der Waals surface area contributed by atoms with Gasteiger partial charge in [0.25, 0.3) is 0 Å². The Labute approximate surface area is 130 Å². The van der Waals surface area contributed by atoms with Gasteiger partial charge in [0.15, 0.2) is 5.92 Å². The van der Waals surface area contributed by atoms with E-state index in [-0.39, 0.29) is 5.92 Å². The Hall–Kier alpha value is -1.55. The number of hydrogen-bond acceptors (Lipinski definition) is 4. The molecule has 0 N–H and O–H groups in total. The van der Waals surface area contributed by atoms with Crippen molar-refractivity contribution in [2.45, 2.75) is 26.2 Å². The highest BCUT2D eigenvalue weighted by Gasteiger charge is 2.49. The Morgan fingerprint density at radius 1 is 1.05 bits per heavy atom. The molecule has 0 saturated carbocycles. The Morgan fingerprint density at radius 2 is 1.48 bits per heavy atom. The number of methoxy groups -OCH3 is 2. The zero-order valence-corrected chi connectivity index (χ0v) is 13.7. The van der Waals surface area contributed by atoms with Gasteiger partial charge in [-0.3, -0.25) is 9.59 Å². The number of carbonyl (C=O) groups excluding carboxylic acids is 2. The summed E-state index contributed by atoms with van der Waals surface area (Å²) in [5.74, 6) is -2.24. The quantitative estimate of drug-likeness (QED) is 0.619. The van der Waals surface area contributed by atoms with Crippen LogP contribution in [-0.2, 0) is 24.5 Å². The van der Waals surface area contributed by atoms with Crippen molar-refractivity contribution in [2.24, 2.45) is 11.8 Å². The average molecular weight is 313 g/mol. The number of halogens is 1. The molecule has 0 aliphatic carbocycles. The van der Waals surface area contributed by atoms with Crippen LogP contribution in [0.25, 0.3) is 0 Å². The van der Waals surface area contributed by atoms with Crippen LogP contribution >= 0.6 is 11.6 Å². The number of rotatable bonds is 5. The lowest BCUT2D eigenvalue weighted by Crippen LogP contribution is -2.47. The molecule has 0 saturated heterocycles. The highest BCUT2D eigenvalue weighted by Crippen LogP contribution is 2.41. The minimum Gasteiger partial charge on any atom is -0.468 e. The summed E-state index contributed by atoms with van der Waals surface area (Å²) in [6.45, 7) is 5.76. The van der Waals surface area contributed by atoms with E-state index in [9.17, 15) is 9.59 Å². The van der Waals surface area contributed by atoms with Gasteiger partial charge in [0.05, 0.1) is 14.2 Å². The van der Waals surface area contributed by atoms with Crippen LogP contribution in [0.1, 0.15) is 26.3 Å². The molecule has 1 aromatic carbocycles. The Bertz CT molecular complexity index is 494. The topological polar surface area (TPSA) is 52.6 Å². The molecule has 1 atom stereocenters. The monoisotopic (exact) mass is 312 g/mol. The fourth-order valence-corrected chi connectivity index (χ4v) is 2.59. The molecule has 0 aromatic heterocycles. The SMILES string of the molecule is COC(=O)C(C(=O)OC)C(C)(c1ccc(Cl)cc1)C(C)C. The van der Waals surface area contributed by atoms with Gasteiger partial charge in [-0.2, -0.15) is 0 Å². The van der Waals surface area contributed by atoms with Crippen molar-refractivity contribution in [3.8, 4) is 0 Å². The first kappa shape index (κ1) is 17.5. The lowest BCUT2D eigenvalue weighted by atomic mass is 9.64. The number of carbonyl (C=O) groups is 2. The van der Waals surface area contributed by atoms with E-state index >= 15 is 0 Å². The third kappa shape index (κ3) is 3.38. The minimum atomic E-state index is -1.03. The van der Waals surface area contributed by atoms with Crippen LogP contribution in [0.5, 0.6) is 0 Å². The Morgan fingerprint density at radius 3 is 1.81 bits per heavy atom. The molecule has 1 unspecified atom stereocenters. The van der Waals surface area contributed by atoms with Crippen molar-refractivity contribution in [3.63, 3.8) is 0 Å². The maximum Gasteiger partial charge on any atom is 0.320 e. The summed E-state index contributed by atoms with van der Waals surface area (Å²) >= 11 is 5.92. The highest BCUT2D eigenvalue weighted by molar-refractivity contribution is 6.30. The molecule has 1 aromatic rings. The van der Waals surface area contributed by atoms with Crippen LogP contribution < -0.4 is 0 Å². The molecule has 0 amide bonds. The van der Waals surface area contributed by atoms with Gasteiger partial charge in [0, 0.05) is 10.4 Å². The lowest BCUT2D eigenvalue weighted by molar-refractivity contribution is -0.163. The molecule has 0 aliphatic rings. The van der Waals surface area contributed by atoms with E-state index in [1.165, 1.54) is 14.2 Å². The lowest BCUT2D eigenvalue weighted by Gasteiger charge is -2.38. The van der Waals surface area contributed by atoms with Gasteiger partial charge in [-0.05, 0) is 23.6 Å². The van der Waals surface area contributed by atoms with E-state index in [4.69, 9.17) is 21.1 Å². The fraction of sp³-hybridized carbons (Fsp3) is 0.500. The summed E-state index contributed by atoms with van der Waals surface area (Å²) in [4.78, 5) is 24.3. The molecule has 0 heterocycles. The number of esters is 2. The van der Waals surface area contributed by atoms with Crippen molar-refractivity contribution >= 4 is 23.5 Å². The Kier molecular flexibility index (Phi) is 5.78. The predicted molar refractivity (Wildman–Crippen MR) is 81.2 cm³/mol. The van der Waals surface area contributed by atoms with Crippen molar-refractivity contribution in [2.75, 3.05) is 14.2 Å². The molecular formula is C16H21ClO4. The standard InChI is InChI=1S/C16H21ClO4/c1-10(2)16(3,11-6-8-12(17)9-7-11)13(14(18)20-4)15(19)21-5/h6-10,13H,1-5H3. The Balaban J connectivity index is 3.45. The van der Waals surface area contributed by atoms with E-state index in [2.05, 4.69) is 0 Å². The van der Waals surface area contributed by atoms with Crippen LogP contribution in [-0.4, -0.2) is 26.2 Å². The molecule has 5 heteroatoms. The molecule has 0 fully saturated rings. The molecule has 116 valence electrons. The second-order valence-corrected chi connectivity index (χ2v) is 5.86. The third-order valence-corrected chi connectivity index (χ3v) is 4.39. The van der Waals surface area contributed by atoms with Crippen LogP contribution in [0.2, 0.25) is 5.02 Å². The summed E-state index contributed by atoms with van der Waals surface area (Å²) < 4.78 is 9.62. The normalized spacial score (nSPS) is 13.9. The summed E-state index contributed by atoms with van der Waals surface area (Å²) in [6, 6.07) is 7.12. The smallest absolute Gasteiger partial charge is 0.320 e. The first-order chi connectivity index (χ1) is 9.78. The maximum atomic E-state index is 12.2. The zero-order chi connectivity index (χ0) is 16.2. The van der Waals surface area contributed by atoms with Crippen LogP contribution in [0.15, 0.2) is 24.3 Å². The second-order valence-electron chi connectivity index (χ2n) is 5.42. The van der Waals surface area contributed by atoms with Crippen molar-refractivity contribution in [3.05, 3.63) is 34.9 Å². The molecular weight excluding hydrogens is 292 g/mol. The molecule has 0 bridgehead atoms. The van der Waals surface area contributed by atoms with Gasteiger partial charge in [-0.25, -0.2) is 0 Å². The number of hydrogen-bond donors (Lipinski definition) is 0. The molecule has 1 rings (SSSR count). The first-order valence-electron chi connectivity index (χ1n) is 6.70. The largest absolute Gasteiger partial charge is 0.468 e. The summed E-state index contributed by atoms with van der Waals surface area (Å²) in [6.07, 6.45) is 0. The third-order valence-electron chi connectivity index (χ3n) is 4.14. The minimum absolute atomic E-state index is 0.00174. The molecule has 0 aliphatic heterocycles.